The predicted octanol–water partition coefficient (Wildman–Crippen LogP) is 1.92. The number of aryl methyl sites for hydroxylation is 1. The van der Waals surface area contributed by atoms with Gasteiger partial charge in [-0.2, -0.15) is 8.42 Å². The molecule has 0 unspecified atom stereocenters. The number of carboxylic acids is 1. The second-order valence-electron chi connectivity index (χ2n) is 8.59. The van der Waals surface area contributed by atoms with Gasteiger partial charge in [0, 0.05) is 12.6 Å². The van der Waals surface area contributed by atoms with Crippen molar-refractivity contribution in [2.24, 2.45) is 0 Å². The van der Waals surface area contributed by atoms with E-state index in [2.05, 4.69) is 4.90 Å². The third-order valence-corrected chi connectivity index (χ3v) is 6.55. The standard InChI is InChI=1S/C24H29NO7S.Mg/c1-33(28,29)32-20-10-11-21-22(17-20)30-16-15-25(21)14-4-5-18-6-8-19(9-7-18)31-24(23(26)27)12-2-3-13-24;/h6-11,17H,2-5,12-16H2,1H3,(H,26,27);/q;+2/p-1. The fourth-order valence-corrected chi connectivity index (χ4v) is 4.89. The molecular weight excluding hydrogens is 471 g/mol. The van der Waals surface area contributed by atoms with Crippen LogP contribution in [-0.2, 0) is 21.3 Å². The fraction of sp³-hybridized carbons (Fsp3) is 0.458. The first-order valence-electron chi connectivity index (χ1n) is 11.1. The normalized spacial score (nSPS) is 16.7. The number of benzene rings is 2. The summed E-state index contributed by atoms with van der Waals surface area (Å²) in [6, 6.07) is 12.6. The van der Waals surface area contributed by atoms with E-state index < -0.39 is 21.7 Å². The summed E-state index contributed by atoms with van der Waals surface area (Å²) in [4.78, 5) is 13.8. The van der Waals surface area contributed by atoms with Crippen LogP contribution in [0.5, 0.6) is 17.2 Å². The molecule has 1 saturated carbocycles. The summed E-state index contributed by atoms with van der Waals surface area (Å²) in [6.07, 6.45) is 5.41. The van der Waals surface area contributed by atoms with Gasteiger partial charge in [-0.15, -0.1) is 0 Å². The molecule has 10 heteroatoms. The third kappa shape index (κ3) is 6.48. The summed E-state index contributed by atoms with van der Waals surface area (Å²) < 4.78 is 39.2. The molecule has 8 nitrogen and oxygen atoms in total. The number of fused-ring (bicyclic) bond motifs is 1. The number of rotatable bonds is 9. The molecule has 0 spiro atoms. The Bertz CT molecular complexity index is 1100. The van der Waals surface area contributed by atoms with Crippen LogP contribution in [0.1, 0.15) is 37.7 Å². The zero-order valence-electron chi connectivity index (χ0n) is 19.3. The van der Waals surface area contributed by atoms with Crippen molar-refractivity contribution in [1.29, 1.82) is 0 Å². The van der Waals surface area contributed by atoms with Crippen molar-refractivity contribution in [1.82, 2.24) is 0 Å². The van der Waals surface area contributed by atoms with Gasteiger partial charge in [0.1, 0.15) is 29.5 Å². The van der Waals surface area contributed by atoms with Crippen molar-refractivity contribution in [3.8, 4) is 17.2 Å². The summed E-state index contributed by atoms with van der Waals surface area (Å²) in [6.45, 7) is 2.08. The van der Waals surface area contributed by atoms with E-state index in [0.717, 1.165) is 56.3 Å². The van der Waals surface area contributed by atoms with E-state index in [-0.39, 0.29) is 28.8 Å². The average molecular weight is 499 g/mol. The largest absolute Gasteiger partial charge is 2.00 e. The quantitative estimate of drug-likeness (QED) is 0.381. The molecule has 0 atom stereocenters. The van der Waals surface area contributed by atoms with Gasteiger partial charge >= 0.3 is 33.2 Å². The fourth-order valence-electron chi connectivity index (χ4n) is 4.43. The molecule has 0 amide bonds. The predicted molar refractivity (Wildman–Crippen MR) is 127 cm³/mol. The third-order valence-electron chi connectivity index (χ3n) is 6.05. The number of carbonyl (C=O) groups excluding carboxylic acids is 1. The number of aliphatic carboxylic acids is 1. The Morgan fingerprint density at radius 1 is 1.12 bits per heavy atom. The first-order chi connectivity index (χ1) is 15.7. The van der Waals surface area contributed by atoms with E-state index in [9.17, 15) is 18.3 Å². The van der Waals surface area contributed by atoms with Crippen LogP contribution in [-0.4, -0.2) is 69.0 Å². The van der Waals surface area contributed by atoms with Crippen molar-refractivity contribution in [3.05, 3.63) is 48.0 Å². The molecule has 0 saturated heterocycles. The number of nitrogens with zero attached hydrogens (tertiary/aromatic N) is 1. The molecule has 0 radical (unpaired) electrons. The van der Waals surface area contributed by atoms with Gasteiger partial charge in [-0.25, -0.2) is 0 Å². The van der Waals surface area contributed by atoms with Crippen LogP contribution in [0.25, 0.3) is 0 Å². The Morgan fingerprint density at radius 3 is 2.44 bits per heavy atom. The molecule has 2 aromatic rings. The molecule has 34 heavy (non-hydrogen) atoms. The molecule has 1 heterocycles. The van der Waals surface area contributed by atoms with Gasteiger partial charge in [0.05, 0.1) is 24.5 Å². The van der Waals surface area contributed by atoms with Crippen LogP contribution < -0.4 is 23.7 Å². The van der Waals surface area contributed by atoms with E-state index in [4.69, 9.17) is 13.7 Å². The summed E-state index contributed by atoms with van der Waals surface area (Å²) in [5, 5.41) is 11.6. The van der Waals surface area contributed by atoms with E-state index in [1.54, 1.807) is 12.1 Å². The molecule has 1 fully saturated rings. The Kier molecular flexibility index (Phi) is 8.59. The second kappa shape index (κ2) is 11.0. The monoisotopic (exact) mass is 498 g/mol. The molecule has 0 N–H and O–H groups in total. The van der Waals surface area contributed by atoms with Crippen molar-refractivity contribution in [2.75, 3.05) is 30.9 Å². The first-order valence-corrected chi connectivity index (χ1v) is 13.0. The number of ether oxygens (including phenoxy) is 2. The number of hydrogen-bond donors (Lipinski definition) is 0. The van der Waals surface area contributed by atoms with E-state index in [1.807, 2.05) is 30.3 Å². The van der Waals surface area contributed by atoms with Crippen LogP contribution in [0, 0.1) is 0 Å². The molecule has 0 bridgehead atoms. The molecule has 1 aliphatic heterocycles. The molecule has 1 aliphatic carbocycles. The van der Waals surface area contributed by atoms with Crippen molar-refractivity contribution >= 4 is 44.8 Å². The van der Waals surface area contributed by atoms with E-state index >= 15 is 0 Å². The number of hydrogen-bond acceptors (Lipinski definition) is 8. The average Bonchev–Trinajstić information content (AvgIpc) is 3.24. The summed E-state index contributed by atoms with van der Waals surface area (Å²) in [7, 11) is -3.59. The Balaban J connectivity index is 0.00000324. The Morgan fingerprint density at radius 2 is 1.79 bits per heavy atom. The molecule has 4 rings (SSSR count). The van der Waals surface area contributed by atoms with Gasteiger partial charge < -0.3 is 28.5 Å². The van der Waals surface area contributed by atoms with Crippen LogP contribution in [0.2, 0.25) is 0 Å². The van der Waals surface area contributed by atoms with E-state index in [1.165, 1.54) is 0 Å². The second-order valence-corrected chi connectivity index (χ2v) is 10.2. The van der Waals surface area contributed by atoms with E-state index in [0.29, 0.717) is 30.9 Å². The van der Waals surface area contributed by atoms with Gasteiger partial charge in [-0.1, -0.05) is 12.1 Å². The maximum absolute atomic E-state index is 11.6. The van der Waals surface area contributed by atoms with Crippen LogP contribution >= 0.6 is 0 Å². The van der Waals surface area contributed by atoms with Gasteiger partial charge in [0.15, 0.2) is 0 Å². The topological polar surface area (TPSA) is 105 Å². The molecule has 0 aromatic heterocycles. The minimum absolute atomic E-state index is 0. The zero-order chi connectivity index (χ0) is 23.5. The van der Waals surface area contributed by atoms with Gasteiger partial charge in [0.25, 0.3) is 0 Å². The number of carboxylic acid groups (broad SMARTS) is 1. The Hall–Kier alpha value is -2.17. The van der Waals surface area contributed by atoms with Crippen LogP contribution in [0.4, 0.5) is 5.69 Å². The summed E-state index contributed by atoms with van der Waals surface area (Å²) >= 11 is 0. The van der Waals surface area contributed by atoms with Gasteiger partial charge in [-0.3, -0.25) is 0 Å². The van der Waals surface area contributed by atoms with Gasteiger partial charge in [0.2, 0.25) is 0 Å². The SMILES string of the molecule is CS(=O)(=O)Oc1ccc2c(c1)OCCN2CCCc1ccc(OC2(C(=O)[O-])CCCC2)cc1.[Mg+2]. The maximum Gasteiger partial charge on any atom is 2.00 e. The maximum atomic E-state index is 11.6. The van der Waals surface area contributed by atoms with Crippen molar-refractivity contribution in [3.63, 3.8) is 0 Å². The van der Waals surface area contributed by atoms with Crippen LogP contribution in [0.15, 0.2) is 42.5 Å². The smallest absolute Gasteiger partial charge is 0.546 e. The molecule has 178 valence electrons. The minimum Gasteiger partial charge on any atom is -0.546 e. The zero-order valence-corrected chi connectivity index (χ0v) is 21.6. The molecule has 2 aromatic carbocycles. The number of anilines is 1. The molecule has 2 aliphatic rings. The number of carbonyl (C=O) groups is 1. The first kappa shape index (κ1) is 26.4. The minimum atomic E-state index is -3.59. The Labute approximate surface area is 216 Å². The summed E-state index contributed by atoms with van der Waals surface area (Å²) in [5.74, 6) is 0.264. The van der Waals surface area contributed by atoms with Crippen LogP contribution in [0.3, 0.4) is 0 Å². The molecular formula is C24H28MgNO7S+. The summed E-state index contributed by atoms with van der Waals surface area (Å²) in [5.41, 5.74) is 0.855. The van der Waals surface area contributed by atoms with Crippen molar-refractivity contribution < 1.29 is 32.0 Å². The van der Waals surface area contributed by atoms with Gasteiger partial charge in [-0.05, 0) is 68.4 Å². The van der Waals surface area contributed by atoms with Crippen molar-refractivity contribution in [2.45, 2.75) is 44.1 Å².